The summed E-state index contributed by atoms with van der Waals surface area (Å²) in [6.45, 7) is -0.258. The molecule has 1 saturated heterocycles. The number of carbonyl (C=O) groups is 3. The molecular formula is C16H19N9O8S2. The fraction of sp³-hybridized carbons (Fsp3) is 0.438. The van der Waals surface area contributed by atoms with Crippen molar-refractivity contribution in [1.29, 1.82) is 0 Å². The van der Waals surface area contributed by atoms with Crippen LogP contribution in [0.4, 0.5) is 5.13 Å². The summed E-state index contributed by atoms with van der Waals surface area (Å²) in [6, 6.07) is -2.73. The Labute approximate surface area is 200 Å². The van der Waals surface area contributed by atoms with Gasteiger partial charge in [0.1, 0.15) is 17.8 Å². The molecule has 2 aliphatic rings. The van der Waals surface area contributed by atoms with Crippen molar-refractivity contribution >= 4 is 50.3 Å². The van der Waals surface area contributed by atoms with Crippen molar-refractivity contribution < 1.29 is 37.3 Å². The van der Waals surface area contributed by atoms with E-state index in [4.69, 9.17) is 16.3 Å². The number of nitrogens with two attached hydrogens (primary N) is 2. The van der Waals surface area contributed by atoms with Gasteiger partial charge >= 0.3 is 16.3 Å². The Hall–Kier alpha value is -3.68. The number of aliphatic carboxylic acids is 1. The lowest BCUT2D eigenvalue weighted by Gasteiger charge is -2.43. The predicted octanol–water partition coefficient (Wildman–Crippen LogP) is -2.69. The van der Waals surface area contributed by atoms with E-state index in [1.54, 1.807) is 0 Å². The number of nitrogens with one attached hydrogen (secondary N) is 1. The topological polar surface area (TPSA) is 258 Å². The molecule has 1 aliphatic carbocycles. The second-order valence-electron chi connectivity index (χ2n) is 7.63. The third-order valence-electron chi connectivity index (χ3n) is 5.23. The molecule has 0 spiro atoms. The van der Waals surface area contributed by atoms with E-state index in [1.807, 2.05) is 0 Å². The van der Waals surface area contributed by atoms with Gasteiger partial charge in [0.2, 0.25) is 5.60 Å². The van der Waals surface area contributed by atoms with Crippen molar-refractivity contribution in [2.24, 2.45) is 10.9 Å². The Kier molecular flexibility index (Phi) is 6.17. The van der Waals surface area contributed by atoms with Crippen molar-refractivity contribution in [3.8, 4) is 0 Å². The first kappa shape index (κ1) is 24.4. The van der Waals surface area contributed by atoms with Gasteiger partial charge in [-0.2, -0.15) is 23.4 Å². The zero-order chi connectivity index (χ0) is 25.5. The highest BCUT2D eigenvalue weighted by molar-refractivity contribution is 7.84. The number of oxime groups is 1. The highest BCUT2D eigenvalue weighted by Crippen LogP contribution is 2.40. The van der Waals surface area contributed by atoms with Crippen molar-refractivity contribution in [3.63, 3.8) is 0 Å². The Morgan fingerprint density at radius 3 is 2.63 bits per heavy atom. The first-order valence-corrected chi connectivity index (χ1v) is 12.1. The average Bonchev–Trinajstić information content (AvgIpc) is 3.23. The minimum absolute atomic E-state index is 0.0533. The monoisotopic (exact) mass is 529 g/mol. The second-order valence-corrected chi connectivity index (χ2v) is 9.81. The molecule has 19 heteroatoms. The predicted molar refractivity (Wildman–Crippen MR) is 116 cm³/mol. The van der Waals surface area contributed by atoms with Crippen LogP contribution < -0.4 is 16.8 Å². The highest BCUT2D eigenvalue weighted by atomic mass is 32.2. The van der Waals surface area contributed by atoms with Gasteiger partial charge in [-0.3, -0.25) is 14.1 Å². The lowest BCUT2D eigenvalue weighted by Crippen LogP contribution is -2.73. The van der Waals surface area contributed by atoms with E-state index in [0.717, 1.165) is 16.1 Å². The van der Waals surface area contributed by atoms with Crippen LogP contribution in [-0.4, -0.2) is 83.5 Å². The van der Waals surface area contributed by atoms with Crippen LogP contribution in [0.5, 0.6) is 0 Å². The molecule has 7 N–H and O–H groups in total. The zero-order valence-electron chi connectivity index (χ0n) is 17.6. The van der Waals surface area contributed by atoms with Crippen LogP contribution in [0.3, 0.4) is 0 Å². The Morgan fingerprint density at radius 2 is 2.11 bits per heavy atom. The van der Waals surface area contributed by atoms with Gasteiger partial charge in [-0.1, -0.05) is 5.16 Å². The molecule has 2 fully saturated rings. The van der Waals surface area contributed by atoms with Gasteiger partial charge in [-0.05, 0) is 0 Å². The van der Waals surface area contributed by atoms with Crippen LogP contribution in [0.1, 0.15) is 24.2 Å². The van der Waals surface area contributed by atoms with Crippen molar-refractivity contribution in [2.45, 2.75) is 43.6 Å². The molecule has 0 aromatic carbocycles. The number of rotatable bonds is 10. The maximum Gasteiger partial charge on any atom is 0.362 e. The second kappa shape index (κ2) is 8.83. The van der Waals surface area contributed by atoms with Gasteiger partial charge in [0, 0.05) is 24.8 Å². The van der Waals surface area contributed by atoms with Crippen LogP contribution in [0.15, 0.2) is 16.7 Å². The van der Waals surface area contributed by atoms with Crippen LogP contribution in [0.2, 0.25) is 0 Å². The normalized spacial score (nSPS) is 21.4. The number of carbonyl (C=O) groups excluding carboxylic acids is 2. The van der Waals surface area contributed by atoms with E-state index in [1.165, 1.54) is 11.6 Å². The molecule has 0 radical (unpaired) electrons. The van der Waals surface area contributed by atoms with E-state index in [2.05, 4.69) is 25.7 Å². The molecule has 2 aromatic rings. The van der Waals surface area contributed by atoms with Crippen LogP contribution in [-0.2, 0) is 42.6 Å². The summed E-state index contributed by atoms with van der Waals surface area (Å²) >= 11 is 0.971. The van der Waals surface area contributed by atoms with Crippen LogP contribution >= 0.6 is 11.3 Å². The van der Waals surface area contributed by atoms with Crippen molar-refractivity contribution in [1.82, 2.24) is 29.6 Å². The van der Waals surface area contributed by atoms with E-state index >= 15 is 0 Å². The molecule has 2 atom stereocenters. The van der Waals surface area contributed by atoms with Gasteiger partial charge in [0.05, 0.1) is 18.4 Å². The zero-order valence-corrected chi connectivity index (χ0v) is 19.3. The minimum Gasteiger partial charge on any atom is -0.478 e. The lowest BCUT2D eigenvalue weighted by molar-refractivity contribution is -0.153. The number of carboxylic acid groups (broad SMARTS) is 1. The molecule has 3 heterocycles. The SMILES string of the molecule is NCc1cnn(C[C@@H]2[C@H](NC(=O)/C(=N/OC3(C(=O)O)CC3)c3csc(N)n3)C(=O)N2S(=O)(=O)O)n1. The number of aromatic nitrogens is 4. The van der Waals surface area contributed by atoms with Crippen molar-refractivity contribution in [2.75, 3.05) is 5.73 Å². The molecule has 188 valence electrons. The van der Waals surface area contributed by atoms with Crippen LogP contribution in [0.25, 0.3) is 0 Å². The number of amides is 2. The molecule has 2 aromatic heterocycles. The number of thiazole rings is 1. The molecular weight excluding hydrogens is 510 g/mol. The summed E-state index contributed by atoms with van der Waals surface area (Å²) < 4.78 is 33.1. The summed E-state index contributed by atoms with van der Waals surface area (Å²) in [5, 5.41) is 24.6. The molecule has 0 unspecified atom stereocenters. The number of anilines is 1. The molecule has 1 saturated carbocycles. The first-order valence-electron chi connectivity index (χ1n) is 9.87. The van der Waals surface area contributed by atoms with E-state index in [-0.39, 0.29) is 41.1 Å². The van der Waals surface area contributed by atoms with Gasteiger partial charge in [-0.15, -0.1) is 11.3 Å². The number of nitrogen functional groups attached to an aromatic ring is 1. The van der Waals surface area contributed by atoms with E-state index in [9.17, 15) is 32.5 Å². The fourth-order valence-electron chi connectivity index (χ4n) is 3.22. The van der Waals surface area contributed by atoms with Gasteiger partial charge in [-0.25, -0.2) is 14.1 Å². The lowest BCUT2D eigenvalue weighted by atomic mass is 9.98. The minimum atomic E-state index is -4.96. The number of carboxylic acids is 1. The third kappa shape index (κ3) is 4.78. The summed E-state index contributed by atoms with van der Waals surface area (Å²) in [6.07, 6.45) is 1.68. The standard InChI is InChI=1S/C16H19N9O8S2/c17-3-7-4-19-24(22-7)5-9-11(13(27)25(9)35(30,31)32)21-12(26)10(8-6-34-15(18)20-8)23-33-16(1-2-16)14(28)29/h4,6,9,11H,1-3,5,17H2,(H2,18,20)(H,21,26)(H,28,29)(H,30,31,32)/b23-10+/t9-,11+/m1/s1. The fourth-order valence-corrected chi connectivity index (χ4v) is 4.64. The molecule has 35 heavy (non-hydrogen) atoms. The Balaban J connectivity index is 1.58. The largest absolute Gasteiger partial charge is 0.478 e. The molecule has 1 aliphatic heterocycles. The summed E-state index contributed by atoms with van der Waals surface area (Å²) in [5.74, 6) is -3.41. The average molecular weight is 530 g/mol. The van der Waals surface area contributed by atoms with Gasteiger partial charge in [0.25, 0.3) is 11.8 Å². The summed E-state index contributed by atoms with van der Waals surface area (Å²) in [5.41, 5.74) is 9.36. The summed E-state index contributed by atoms with van der Waals surface area (Å²) in [4.78, 5) is 47.0. The van der Waals surface area contributed by atoms with E-state index < -0.39 is 51.5 Å². The quantitative estimate of drug-likeness (QED) is 0.0910. The maximum absolute atomic E-state index is 13.0. The Morgan fingerprint density at radius 1 is 1.40 bits per heavy atom. The maximum atomic E-state index is 13.0. The van der Waals surface area contributed by atoms with Crippen molar-refractivity contribution in [3.05, 3.63) is 23.0 Å². The highest BCUT2D eigenvalue weighted by Gasteiger charge is 2.56. The number of nitrogens with zero attached hydrogens (tertiary/aromatic N) is 6. The smallest absolute Gasteiger partial charge is 0.362 e. The van der Waals surface area contributed by atoms with Crippen LogP contribution in [0, 0.1) is 0 Å². The first-order chi connectivity index (χ1) is 16.4. The number of hydrogen-bond donors (Lipinski definition) is 5. The number of hydrogen-bond acceptors (Lipinski definition) is 13. The van der Waals surface area contributed by atoms with E-state index in [0.29, 0.717) is 5.69 Å². The molecule has 2 amide bonds. The summed E-state index contributed by atoms with van der Waals surface area (Å²) in [7, 11) is -4.96. The molecule has 4 rings (SSSR count). The molecule has 0 bridgehead atoms. The number of β-lactam (4-membered cyclic amide) rings is 1. The van der Waals surface area contributed by atoms with Gasteiger partial charge in [0.15, 0.2) is 10.8 Å². The molecule has 17 nitrogen and oxygen atoms in total. The Bertz CT molecular complexity index is 1320. The van der Waals surface area contributed by atoms with Gasteiger partial charge < -0.3 is 26.7 Å². The third-order valence-corrected chi connectivity index (χ3v) is 6.85.